The number of aromatic nitrogens is 1. The summed E-state index contributed by atoms with van der Waals surface area (Å²) in [6.07, 6.45) is 3.63. The van der Waals surface area contributed by atoms with Crippen LogP contribution in [0.25, 0.3) is 0 Å². The smallest absolute Gasteiger partial charge is 0.226 e. The molecule has 1 aliphatic heterocycles. The first-order chi connectivity index (χ1) is 15.1. The van der Waals surface area contributed by atoms with Gasteiger partial charge >= 0.3 is 0 Å². The Morgan fingerprint density at radius 2 is 1.84 bits per heavy atom. The fourth-order valence-electron chi connectivity index (χ4n) is 3.89. The van der Waals surface area contributed by atoms with E-state index in [1.807, 2.05) is 66.7 Å². The van der Waals surface area contributed by atoms with Gasteiger partial charge in [0, 0.05) is 31.9 Å². The van der Waals surface area contributed by atoms with Gasteiger partial charge in [-0.25, -0.2) is 0 Å². The molecule has 2 heterocycles. The van der Waals surface area contributed by atoms with Gasteiger partial charge in [-0.05, 0) is 41.0 Å². The maximum atomic E-state index is 13.2. The van der Waals surface area contributed by atoms with Crippen LogP contribution in [0, 0.1) is 5.92 Å². The number of nitrogens with zero attached hydrogens (tertiary/aromatic N) is 2. The summed E-state index contributed by atoms with van der Waals surface area (Å²) in [5.74, 6) is 0.218. The number of carbonyl (C=O) groups is 2. The third-order valence-corrected chi connectivity index (χ3v) is 5.55. The van der Waals surface area contributed by atoms with E-state index in [0.29, 0.717) is 13.1 Å². The van der Waals surface area contributed by atoms with Crippen molar-refractivity contribution < 1.29 is 14.3 Å². The van der Waals surface area contributed by atoms with Crippen molar-refractivity contribution in [2.75, 3.05) is 13.7 Å². The Hall–Kier alpha value is -3.67. The van der Waals surface area contributed by atoms with Crippen LogP contribution >= 0.6 is 0 Å². The molecule has 1 fully saturated rings. The van der Waals surface area contributed by atoms with Crippen molar-refractivity contribution >= 4 is 11.8 Å². The molecule has 0 spiro atoms. The normalized spacial score (nSPS) is 16.7. The van der Waals surface area contributed by atoms with Crippen LogP contribution < -0.4 is 10.1 Å². The van der Waals surface area contributed by atoms with E-state index < -0.39 is 0 Å². The number of hydrogen-bond acceptors (Lipinski definition) is 4. The van der Waals surface area contributed by atoms with E-state index in [1.165, 1.54) is 0 Å². The summed E-state index contributed by atoms with van der Waals surface area (Å²) in [6.45, 7) is 0.899. The average molecular weight is 415 g/mol. The van der Waals surface area contributed by atoms with E-state index in [4.69, 9.17) is 4.74 Å². The Kier molecular flexibility index (Phi) is 6.26. The molecule has 1 N–H and O–H groups in total. The summed E-state index contributed by atoms with van der Waals surface area (Å²) in [7, 11) is 1.62. The minimum atomic E-state index is -0.383. The number of ether oxygens (including phenoxy) is 1. The van der Waals surface area contributed by atoms with Crippen LogP contribution in [0.15, 0.2) is 79.1 Å². The van der Waals surface area contributed by atoms with Gasteiger partial charge in [0.2, 0.25) is 11.8 Å². The first-order valence-corrected chi connectivity index (χ1v) is 10.3. The maximum absolute atomic E-state index is 13.2. The van der Waals surface area contributed by atoms with Gasteiger partial charge in [0.25, 0.3) is 0 Å². The van der Waals surface area contributed by atoms with Gasteiger partial charge < -0.3 is 15.0 Å². The highest BCUT2D eigenvalue weighted by atomic mass is 16.5. The molecule has 1 aromatic heterocycles. The number of likely N-dealkylation sites (tertiary alicyclic amines) is 1. The highest BCUT2D eigenvalue weighted by Crippen LogP contribution is 2.27. The predicted octanol–water partition coefficient (Wildman–Crippen LogP) is 3.34. The fourth-order valence-corrected chi connectivity index (χ4v) is 3.89. The van der Waals surface area contributed by atoms with E-state index in [-0.39, 0.29) is 30.2 Å². The number of nitrogens with one attached hydrogen (secondary N) is 1. The van der Waals surface area contributed by atoms with E-state index in [2.05, 4.69) is 10.3 Å². The Balaban J connectivity index is 1.50. The second-order valence-electron chi connectivity index (χ2n) is 7.66. The number of rotatable bonds is 7. The molecule has 1 aliphatic rings. The lowest BCUT2D eigenvalue weighted by Crippen LogP contribution is -2.36. The van der Waals surface area contributed by atoms with Crippen molar-refractivity contribution in [1.82, 2.24) is 15.2 Å². The molecule has 2 aromatic carbocycles. The van der Waals surface area contributed by atoms with Crippen LogP contribution in [0.4, 0.5) is 0 Å². The molecule has 0 radical (unpaired) electrons. The first-order valence-electron chi connectivity index (χ1n) is 10.3. The molecule has 6 heteroatoms. The third-order valence-electron chi connectivity index (χ3n) is 5.55. The van der Waals surface area contributed by atoms with Gasteiger partial charge in [-0.3, -0.25) is 14.6 Å². The Morgan fingerprint density at radius 3 is 2.58 bits per heavy atom. The van der Waals surface area contributed by atoms with Crippen molar-refractivity contribution in [2.45, 2.75) is 19.0 Å². The maximum Gasteiger partial charge on any atom is 0.226 e. The number of amides is 2. The van der Waals surface area contributed by atoms with Crippen LogP contribution in [0.1, 0.15) is 29.2 Å². The van der Waals surface area contributed by atoms with Crippen LogP contribution in [0.2, 0.25) is 0 Å². The molecule has 4 rings (SSSR count). The molecule has 0 bridgehead atoms. The van der Waals surface area contributed by atoms with E-state index in [1.54, 1.807) is 24.4 Å². The summed E-state index contributed by atoms with van der Waals surface area (Å²) >= 11 is 0. The number of methoxy groups -OCH3 is 1. The molecule has 2 atom stereocenters. The molecular weight excluding hydrogens is 390 g/mol. The Morgan fingerprint density at radius 1 is 1.10 bits per heavy atom. The zero-order chi connectivity index (χ0) is 21.6. The quantitative estimate of drug-likeness (QED) is 0.642. The molecule has 2 unspecified atom stereocenters. The van der Waals surface area contributed by atoms with Gasteiger partial charge in [-0.1, -0.05) is 42.5 Å². The number of hydrogen-bond donors (Lipinski definition) is 1. The van der Waals surface area contributed by atoms with E-state index in [9.17, 15) is 9.59 Å². The zero-order valence-corrected chi connectivity index (χ0v) is 17.4. The predicted molar refractivity (Wildman–Crippen MR) is 117 cm³/mol. The minimum absolute atomic E-state index is 0.00500. The van der Waals surface area contributed by atoms with Crippen LogP contribution in [0.5, 0.6) is 5.75 Å². The summed E-state index contributed by atoms with van der Waals surface area (Å²) in [4.78, 5) is 31.4. The Bertz CT molecular complexity index is 1040. The lowest BCUT2D eigenvalue weighted by molar-refractivity contribution is -0.129. The van der Waals surface area contributed by atoms with Crippen molar-refractivity contribution in [1.29, 1.82) is 0 Å². The number of carbonyl (C=O) groups excluding carboxylic acids is 2. The van der Waals surface area contributed by atoms with Crippen LogP contribution in [-0.2, 0) is 16.1 Å². The molecule has 1 saturated heterocycles. The number of benzene rings is 2. The topological polar surface area (TPSA) is 71.5 Å². The van der Waals surface area contributed by atoms with E-state index in [0.717, 1.165) is 22.4 Å². The summed E-state index contributed by atoms with van der Waals surface area (Å²) in [5.41, 5.74) is 2.90. The Labute approximate surface area is 181 Å². The SMILES string of the molecule is COc1cccc(C(NC(=O)C2CC(=O)N(Cc3ccncc3)C2)c2ccccc2)c1. The zero-order valence-electron chi connectivity index (χ0n) is 17.4. The second kappa shape index (κ2) is 9.43. The first kappa shape index (κ1) is 20.6. The average Bonchev–Trinajstić information content (AvgIpc) is 3.19. The second-order valence-corrected chi connectivity index (χ2v) is 7.66. The minimum Gasteiger partial charge on any atom is -0.497 e. The van der Waals surface area contributed by atoms with E-state index >= 15 is 0 Å². The molecular formula is C25H25N3O3. The summed E-state index contributed by atoms with van der Waals surface area (Å²) < 4.78 is 5.36. The summed E-state index contributed by atoms with van der Waals surface area (Å²) in [5, 5.41) is 3.16. The molecule has 0 aliphatic carbocycles. The standard InChI is InChI=1S/C25H25N3O3/c1-31-22-9-5-8-20(14-22)24(19-6-3-2-4-7-19)27-25(30)21-15-23(29)28(17-21)16-18-10-12-26-13-11-18/h2-14,21,24H,15-17H2,1H3,(H,27,30). The lowest BCUT2D eigenvalue weighted by atomic mass is 9.97. The third kappa shape index (κ3) is 4.91. The van der Waals surface area contributed by atoms with Gasteiger partial charge in [0.1, 0.15) is 5.75 Å². The highest BCUT2D eigenvalue weighted by Gasteiger charge is 2.35. The fraction of sp³-hybridized carbons (Fsp3) is 0.240. The van der Waals surface area contributed by atoms with Crippen molar-refractivity contribution in [2.24, 2.45) is 5.92 Å². The monoisotopic (exact) mass is 415 g/mol. The van der Waals surface area contributed by atoms with Crippen molar-refractivity contribution in [3.63, 3.8) is 0 Å². The van der Waals surface area contributed by atoms with Crippen LogP contribution in [-0.4, -0.2) is 35.4 Å². The molecule has 6 nitrogen and oxygen atoms in total. The molecule has 0 saturated carbocycles. The molecule has 3 aromatic rings. The van der Waals surface area contributed by atoms with Crippen molar-refractivity contribution in [3.05, 3.63) is 95.8 Å². The largest absolute Gasteiger partial charge is 0.497 e. The van der Waals surface area contributed by atoms with Gasteiger partial charge in [-0.15, -0.1) is 0 Å². The lowest BCUT2D eigenvalue weighted by Gasteiger charge is -2.22. The molecule has 2 amide bonds. The number of pyridine rings is 1. The summed E-state index contributed by atoms with van der Waals surface area (Å²) in [6, 6.07) is 20.9. The van der Waals surface area contributed by atoms with Gasteiger partial charge in [0.05, 0.1) is 19.1 Å². The van der Waals surface area contributed by atoms with Gasteiger partial charge in [0.15, 0.2) is 0 Å². The highest BCUT2D eigenvalue weighted by molar-refractivity contribution is 5.89. The van der Waals surface area contributed by atoms with Crippen LogP contribution in [0.3, 0.4) is 0 Å². The van der Waals surface area contributed by atoms with Gasteiger partial charge in [-0.2, -0.15) is 0 Å². The molecule has 31 heavy (non-hydrogen) atoms. The molecule has 158 valence electrons. The van der Waals surface area contributed by atoms with Crippen molar-refractivity contribution in [3.8, 4) is 5.75 Å².